The van der Waals surface area contributed by atoms with Crippen LogP contribution in [0.4, 0.5) is 34.1 Å². The first-order chi connectivity index (χ1) is 23.9. The van der Waals surface area contributed by atoms with Crippen LogP contribution in [-0.4, -0.2) is 47.3 Å². The van der Waals surface area contributed by atoms with Gasteiger partial charge in [-0.1, -0.05) is 47.5 Å². The molecule has 2 unspecified atom stereocenters. The molecule has 16 nitrogen and oxygen atoms in total. The third-order valence-electron chi connectivity index (χ3n) is 7.26. The number of amides is 2. The number of hydrazone groups is 2. The molecule has 0 radical (unpaired) electrons. The van der Waals surface area contributed by atoms with Gasteiger partial charge in [-0.25, -0.2) is 0 Å². The average Bonchev–Trinajstić information content (AvgIpc) is 3.59. The van der Waals surface area contributed by atoms with Crippen LogP contribution >= 0.6 is 23.2 Å². The topological polar surface area (TPSA) is 247 Å². The molecule has 0 spiro atoms. The number of nitrogen functional groups attached to an aromatic ring is 2. The molecular formula is C32H20Cl2N10Na2O6. The molecule has 4 N–H and O–H groups in total. The molecule has 4 aromatic rings. The van der Waals surface area contributed by atoms with Crippen molar-refractivity contribution in [3.05, 3.63) is 95.0 Å². The Morgan fingerprint density at radius 3 is 1.35 bits per heavy atom. The van der Waals surface area contributed by atoms with E-state index in [1.165, 1.54) is 48.5 Å². The summed E-state index contributed by atoms with van der Waals surface area (Å²) in [6, 6.07) is 18.4. The van der Waals surface area contributed by atoms with Crippen LogP contribution in [0.3, 0.4) is 0 Å². The summed E-state index contributed by atoms with van der Waals surface area (Å²) in [5.74, 6) is -4.95. The number of nitrogens with zero attached hydrogens (tertiary/aromatic N) is 8. The molecule has 6 rings (SSSR count). The van der Waals surface area contributed by atoms with Gasteiger partial charge in [-0.2, -0.15) is 40.7 Å². The van der Waals surface area contributed by atoms with Crippen LogP contribution in [0.2, 0.25) is 10.0 Å². The number of carbonyl (C=O) groups excluding carboxylic acids is 4. The second kappa shape index (κ2) is 16.9. The quantitative estimate of drug-likeness (QED) is 0.101. The summed E-state index contributed by atoms with van der Waals surface area (Å²) in [7, 11) is 0. The van der Waals surface area contributed by atoms with Crippen molar-refractivity contribution in [1.82, 2.24) is 0 Å². The molecule has 2 heterocycles. The van der Waals surface area contributed by atoms with Crippen molar-refractivity contribution in [3.8, 4) is 11.1 Å². The molecule has 0 saturated heterocycles. The number of carbonyl (C=O) groups is 4. The van der Waals surface area contributed by atoms with E-state index < -0.39 is 47.3 Å². The van der Waals surface area contributed by atoms with E-state index in [1.807, 2.05) is 0 Å². The predicted octanol–water partition coefficient (Wildman–Crippen LogP) is -2.96. The summed E-state index contributed by atoms with van der Waals surface area (Å²) in [5.41, 5.74) is 12.8. The summed E-state index contributed by atoms with van der Waals surface area (Å²) in [6.07, 6.45) is 0. The molecule has 2 aliphatic heterocycles. The van der Waals surface area contributed by atoms with Crippen molar-refractivity contribution >= 4 is 92.5 Å². The molecule has 0 bridgehead atoms. The molecule has 2 amide bonds. The minimum Gasteiger partial charge on any atom is -0.543 e. The minimum absolute atomic E-state index is 0. The van der Waals surface area contributed by atoms with Gasteiger partial charge in [-0.15, -0.1) is 0 Å². The van der Waals surface area contributed by atoms with E-state index in [-0.39, 0.29) is 91.9 Å². The van der Waals surface area contributed by atoms with E-state index in [9.17, 15) is 29.4 Å². The maximum absolute atomic E-state index is 13.0. The van der Waals surface area contributed by atoms with Crippen molar-refractivity contribution < 1.29 is 88.5 Å². The standard InChI is InChI=1S/C32H22Cl2N10O6.2Na/c33-21-11-15(7-9-23(21)37-39-25-27(31(47)48)41-43(29(25)45)19-5-1-3-17(35)13-19)16-8-10-24(22(34)12-16)38-40-26-28(32(49)50)42-44(30(26)46)20-6-2-4-18(36)14-20;;/h1-14,25-26H,35-36H2,(H,47,48)(H,49,50);;/q;2*+1/p-2. The van der Waals surface area contributed by atoms with E-state index in [1.54, 1.807) is 36.4 Å². The van der Waals surface area contributed by atoms with Crippen LogP contribution in [0.5, 0.6) is 0 Å². The van der Waals surface area contributed by atoms with Crippen molar-refractivity contribution in [3.63, 3.8) is 0 Å². The van der Waals surface area contributed by atoms with Gasteiger partial charge >= 0.3 is 59.1 Å². The number of hydrogen-bond acceptors (Lipinski definition) is 14. The summed E-state index contributed by atoms with van der Waals surface area (Å²) in [6.45, 7) is 0. The third kappa shape index (κ3) is 8.40. The first-order valence-corrected chi connectivity index (χ1v) is 15.1. The van der Waals surface area contributed by atoms with Gasteiger partial charge in [0.05, 0.1) is 33.4 Å². The number of hydrogen-bond donors (Lipinski definition) is 2. The van der Waals surface area contributed by atoms with E-state index in [0.717, 1.165) is 10.0 Å². The fourth-order valence-corrected chi connectivity index (χ4v) is 5.30. The Balaban J connectivity index is 0.00000302. The van der Waals surface area contributed by atoms with Gasteiger partial charge in [0.1, 0.15) is 22.8 Å². The predicted molar refractivity (Wildman–Crippen MR) is 180 cm³/mol. The van der Waals surface area contributed by atoms with Gasteiger partial charge < -0.3 is 31.3 Å². The molecule has 250 valence electrons. The van der Waals surface area contributed by atoms with Gasteiger partial charge in [-0.3, -0.25) is 9.59 Å². The van der Waals surface area contributed by atoms with Gasteiger partial charge in [0.15, 0.2) is 12.1 Å². The number of halogens is 2. The number of carboxylic acids is 2. The molecule has 20 heteroatoms. The van der Waals surface area contributed by atoms with Crippen LogP contribution in [-0.2, 0) is 19.2 Å². The van der Waals surface area contributed by atoms with E-state index >= 15 is 0 Å². The molecule has 2 aliphatic rings. The average molecular weight is 757 g/mol. The molecule has 0 aromatic heterocycles. The zero-order chi connectivity index (χ0) is 35.7. The van der Waals surface area contributed by atoms with Crippen LogP contribution in [0, 0.1) is 0 Å². The minimum atomic E-state index is -1.70. The maximum Gasteiger partial charge on any atom is 1.00 e. The SMILES string of the molecule is Nc1cccc(N2N=C(C(=O)[O-])C(N=Nc3ccc(-c4ccc(N=NC5C(=O)N(c6cccc(N)c6)N=C5C(=O)[O-])c(Cl)c4)cc3Cl)C2=O)c1.[Na+].[Na+]. The summed E-state index contributed by atoms with van der Waals surface area (Å²) >= 11 is 12.9. The van der Waals surface area contributed by atoms with Gasteiger partial charge in [-0.05, 0) is 71.8 Å². The molecule has 2 atom stereocenters. The zero-order valence-electron chi connectivity index (χ0n) is 27.2. The number of carboxylic acid groups (broad SMARTS) is 2. The number of benzene rings is 4. The normalized spacial score (nSPS) is 16.9. The molecule has 0 aliphatic carbocycles. The fraction of sp³-hybridized carbons (Fsp3) is 0.0625. The van der Waals surface area contributed by atoms with E-state index in [2.05, 4.69) is 30.7 Å². The molecule has 0 saturated carbocycles. The summed E-state index contributed by atoms with van der Waals surface area (Å²) < 4.78 is 0. The first-order valence-electron chi connectivity index (χ1n) is 14.3. The van der Waals surface area contributed by atoms with Crippen molar-refractivity contribution in [2.45, 2.75) is 12.1 Å². The molecular weight excluding hydrogens is 737 g/mol. The largest absolute Gasteiger partial charge is 1.00 e. The molecule has 52 heavy (non-hydrogen) atoms. The third-order valence-corrected chi connectivity index (χ3v) is 7.86. The smallest absolute Gasteiger partial charge is 0.543 e. The fourth-order valence-electron chi connectivity index (χ4n) is 4.86. The Morgan fingerprint density at radius 2 is 1.02 bits per heavy atom. The van der Waals surface area contributed by atoms with Gasteiger partial charge in [0.25, 0.3) is 11.8 Å². The van der Waals surface area contributed by atoms with Crippen LogP contribution in [0.25, 0.3) is 11.1 Å². The Labute approximate surface area is 348 Å². The Bertz CT molecular complexity index is 2080. The number of azo groups is 2. The first kappa shape index (κ1) is 40.3. The summed E-state index contributed by atoms with van der Waals surface area (Å²) in [5, 5.41) is 48.9. The molecule has 4 aromatic carbocycles. The van der Waals surface area contributed by atoms with E-state index in [0.29, 0.717) is 22.5 Å². The van der Waals surface area contributed by atoms with Crippen LogP contribution in [0.15, 0.2) is 116 Å². The van der Waals surface area contributed by atoms with Gasteiger partial charge in [0, 0.05) is 11.4 Å². The Kier molecular flexibility index (Phi) is 13.1. The van der Waals surface area contributed by atoms with Gasteiger partial charge in [0.2, 0.25) is 0 Å². The second-order valence-corrected chi connectivity index (χ2v) is 11.4. The Hall–Kier alpha value is -4.52. The van der Waals surface area contributed by atoms with E-state index in [4.69, 9.17) is 34.7 Å². The number of nitrogens with two attached hydrogens (primary N) is 2. The second-order valence-electron chi connectivity index (χ2n) is 10.6. The number of rotatable bonds is 9. The summed E-state index contributed by atoms with van der Waals surface area (Å²) in [4.78, 5) is 49.5. The number of aliphatic carboxylic acids is 2. The van der Waals surface area contributed by atoms with Crippen LogP contribution < -0.4 is 90.8 Å². The maximum atomic E-state index is 13.0. The number of anilines is 4. The Morgan fingerprint density at radius 1 is 0.635 bits per heavy atom. The molecule has 0 fully saturated rings. The zero-order valence-corrected chi connectivity index (χ0v) is 32.7. The van der Waals surface area contributed by atoms with Crippen LogP contribution in [0.1, 0.15) is 0 Å². The van der Waals surface area contributed by atoms with Crippen molar-refractivity contribution in [2.75, 3.05) is 21.5 Å². The monoisotopic (exact) mass is 756 g/mol. The van der Waals surface area contributed by atoms with Crippen molar-refractivity contribution in [1.29, 1.82) is 0 Å². The van der Waals surface area contributed by atoms with Crippen molar-refractivity contribution in [2.24, 2.45) is 30.7 Å².